The fourth-order valence-corrected chi connectivity index (χ4v) is 2.22. The summed E-state index contributed by atoms with van der Waals surface area (Å²) in [6, 6.07) is 0. The Balaban J connectivity index is 2.33. The molecule has 23 heavy (non-hydrogen) atoms. The van der Waals surface area contributed by atoms with Gasteiger partial charge in [0.1, 0.15) is 18.3 Å². The number of aliphatic hydroxyl groups is 3. The predicted octanol–water partition coefficient (Wildman–Crippen LogP) is -1.54. The molecule has 1 aliphatic rings. The van der Waals surface area contributed by atoms with Crippen LogP contribution in [-0.2, 0) is 16.1 Å². The van der Waals surface area contributed by atoms with Crippen molar-refractivity contribution >= 4 is 0 Å². The minimum atomic E-state index is -1.41. The van der Waals surface area contributed by atoms with Crippen LogP contribution in [0.2, 0.25) is 0 Å². The van der Waals surface area contributed by atoms with Crippen LogP contribution in [0.5, 0.6) is 0 Å². The summed E-state index contributed by atoms with van der Waals surface area (Å²) in [7, 11) is 0. The van der Waals surface area contributed by atoms with Crippen molar-refractivity contribution in [2.45, 2.75) is 57.5 Å². The first kappa shape index (κ1) is 17.8. The van der Waals surface area contributed by atoms with E-state index in [0.717, 1.165) is 4.57 Å². The van der Waals surface area contributed by atoms with E-state index in [0.29, 0.717) is 0 Å². The average Bonchev–Trinajstić information content (AvgIpc) is 2.73. The van der Waals surface area contributed by atoms with Crippen molar-refractivity contribution in [1.82, 2.24) is 9.55 Å². The second kappa shape index (κ2) is 6.54. The molecule has 1 fully saturated rings. The number of aromatic nitrogens is 2. The topological polar surface area (TPSA) is 134 Å². The van der Waals surface area contributed by atoms with Gasteiger partial charge < -0.3 is 24.8 Å². The second-order valence-electron chi connectivity index (χ2n) is 6.45. The molecule has 0 unspecified atom stereocenters. The highest BCUT2D eigenvalue weighted by Gasteiger charge is 2.43. The molecule has 4 N–H and O–H groups in total. The summed E-state index contributed by atoms with van der Waals surface area (Å²) in [5.74, 6) is 0. The molecule has 1 aromatic heterocycles. The fourth-order valence-electron chi connectivity index (χ4n) is 2.22. The first-order chi connectivity index (χ1) is 10.6. The van der Waals surface area contributed by atoms with Crippen molar-refractivity contribution in [3.05, 3.63) is 32.6 Å². The van der Waals surface area contributed by atoms with Crippen LogP contribution in [-0.4, -0.2) is 55.4 Å². The van der Waals surface area contributed by atoms with Crippen molar-refractivity contribution in [3.63, 3.8) is 0 Å². The van der Waals surface area contributed by atoms with Crippen molar-refractivity contribution in [1.29, 1.82) is 0 Å². The third-order valence-corrected chi connectivity index (χ3v) is 3.49. The molecular weight excluding hydrogens is 308 g/mol. The van der Waals surface area contributed by atoms with Crippen LogP contribution in [0.3, 0.4) is 0 Å². The van der Waals surface area contributed by atoms with Gasteiger partial charge in [0.15, 0.2) is 6.23 Å². The summed E-state index contributed by atoms with van der Waals surface area (Å²) in [5, 5.41) is 28.9. The van der Waals surface area contributed by atoms with E-state index in [-0.39, 0.29) is 12.2 Å². The Hall–Kier alpha value is -1.52. The third kappa shape index (κ3) is 3.88. The maximum atomic E-state index is 12.0. The Morgan fingerprint density at radius 2 is 1.96 bits per heavy atom. The van der Waals surface area contributed by atoms with E-state index in [1.165, 1.54) is 6.20 Å². The number of aromatic amines is 1. The zero-order valence-corrected chi connectivity index (χ0v) is 13.2. The van der Waals surface area contributed by atoms with Crippen LogP contribution >= 0.6 is 0 Å². The molecule has 0 bridgehead atoms. The standard InChI is InChI=1S/C14H22N2O7/c1-14(2,3)22-6-7-4-16(13(21)15-11(7)20)12-10(19)9(18)8(5-17)23-12/h4,8-10,12,17-19H,5-6H2,1-3H3,(H,15,20,21)/t8-,9-,10-,12-/m1/s1. The molecule has 9 heteroatoms. The molecule has 2 heterocycles. The lowest BCUT2D eigenvalue weighted by molar-refractivity contribution is -0.0558. The molecule has 0 radical (unpaired) electrons. The number of H-pyrrole nitrogens is 1. The molecule has 0 aromatic carbocycles. The molecule has 4 atom stereocenters. The van der Waals surface area contributed by atoms with Crippen molar-refractivity contribution in [2.24, 2.45) is 0 Å². The van der Waals surface area contributed by atoms with Gasteiger partial charge in [-0.05, 0) is 20.8 Å². The highest BCUT2D eigenvalue weighted by Crippen LogP contribution is 2.28. The highest BCUT2D eigenvalue weighted by atomic mass is 16.6. The third-order valence-electron chi connectivity index (χ3n) is 3.49. The van der Waals surface area contributed by atoms with Gasteiger partial charge in [-0.25, -0.2) is 4.79 Å². The monoisotopic (exact) mass is 330 g/mol. The number of aliphatic hydroxyl groups excluding tert-OH is 3. The van der Waals surface area contributed by atoms with Gasteiger partial charge >= 0.3 is 5.69 Å². The van der Waals surface area contributed by atoms with Crippen molar-refractivity contribution in [3.8, 4) is 0 Å². The van der Waals surface area contributed by atoms with Gasteiger partial charge in [0.05, 0.1) is 24.4 Å². The zero-order chi connectivity index (χ0) is 17.4. The number of hydrogen-bond acceptors (Lipinski definition) is 7. The van der Waals surface area contributed by atoms with E-state index < -0.39 is 48.0 Å². The molecule has 1 aliphatic heterocycles. The lowest BCUT2D eigenvalue weighted by Gasteiger charge is -2.21. The summed E-state index contributed by atoms with van der Waals surface area (Å²) < 4.78 is 11.8. The first-order valence-corrected chi connectivity index (χ1v) is 7.25. The van der Waals surface area contributed by atoms with E-state index >= 15 is 0 Å². The fraction of sp³-hybridized carbons (Fsp3) is 0.714. The average molecular weight is 330 g/mol. The smallest absolute Gasteiger partial charge is 0.330 e. The quantitative estimate of drug-likeness (QED) is 0.526. The molecular formula is C14H22N2O7. The van der Waals surface area contributed by atoms with Crippen LogP contribution < -0.4 is 11.2 Å². The van der Waals surface area contributed by atoms with E-state index in [4.69, 9.17) is 14.6 Å². The Morgan fingerprint density at radius 3 is 2.48 bits per heavy atom. The number of nitrogens with zero attached hydrogens (tertiary/aromatic N) is 1. The molecule has 9 nitrogen and oxygen atoms in total. The molecule has 130 valence electrons. The predicted molar refractivity (Wildman–Crippen MR) is 78.9 cm³/mol. The Morgan fingerprint density at radius 1 is 1.30 bits per heavy atom. The lowest BCUT2D eigenvalue weighted by atomic mass is 10.1. The van der Waals surface area contributed by atoms with E-state index in [1.807, 2.05) is 20.8 Å². The molecule has 1 saturated heterocycles. The Kier molecular flexibility index (Phi) is 5.07. The lowest BCUT2D eigenvalue weighted by Crippen LogP contribution is -2.39. The van der Waals surface area contributed by atoms with Gasteiger partial charge in [-0.2, -0.15) is 0 Å². The minimum absolute atomic E-state index is 0.0338. The SMILES string of the molecule is CC(C)(C)OCc1cn([C@@H]2O[C@H](CO)[C@@H](O)[C@H]2O)c(=O)[nH]c1=O. The molecule has 0 amide bonds. The summed E-state index contributed by atoms with van der Waals surface area (Å²) in [5.41, 5.74) is -1.68. The Labute approximate surface area is 132 Å². The summed E-state index contributed by atoms with van der Waals surface area (Å²) in [4.78, 5) is 25.9. The minimum Gasteiger partial charge on any atom is -0.394 e. The zero-order valence-electron chi connectivity index (χ0n) is 13.2. The van der Waals surface area contributed by atoms with E-state index in [2.05, 4.69) is 4.98 Å². The number of nitrogens with one attached hydrogen (secondary N) is 1. The summed E-state index contributed by atoms with van der Waals surface area (Å²) >= 11 is 0. The van der Waals surface area contributed by atoms with Gasteiger partial charge in [0.25, 0.3) is 5.56 Å². The number of rotatable bonds is 4. The maximum Gasteiger partial charge on any atom is 0.330 e. The van der Waals surface area contributed by atoms with Crippen LogP contribution in [0.15, 0.2) is 15.8 Å². The maximum absolute atomic E-state index is 12.0. The van der Waals surface area contributed by atoms with Crippen molar-refractivity contribution < 1.29 is 24.8 Å². The molecule has 0 aliphatic carbocycles. The summed E-state index contributed by atoms with van der Waals surface area (Å²) in [6.07, 6.45) is -3.74. The first-order valence-electron chi connectivity index (χ1n) is 7.25. The largest absolute Gasteiger partial charge is 0.394 e. The van der Waals surface area contributed by atoms with Gasteiger partial charge in [-0.15, -0.1) is 0 Å². The number of hydrogen-bond donors (Lipinski definition) is 4. The van der Waals surface area contributed by atoms with Crippen LogP contribution in [0.1, 0.15) is 32.6 Å². The van der Waals surface area contributed by atoms with Gasteiger partial charge in [-0.1, -0.05) is 0 Å². The van der Waals surface area contributed by atoms with E-state index in [1.54, 1.807) is 0 Å². The molecule has 0 spiro atoms. The van der Waals surface area contributed by atoms with Crippen LogP contribution in [0.4, 0.5) is 0 Å². The van der Waals surface area contributed by atoms with Gasteiger partial charge in [-0.3, -0.25) is 14.3 Å². The molecule has 1 aromatic rings. The van der Waals surface area contributed by atoms with Crippen LogP contribution in [0, 0.1) is 0 Å². The van der Waals surface area contributed by atoms with Gasteiger partial charge in [0, 0.05) is 6.20 Å². The summed E-state index contributed by atoms with van der Waals surface area (Å²) in [6.45, 7) is 4.93. The van der Waals surface area contributed by atoms with Crippen LogP contribution in [0.25, 0.3) is 0 Å². The molecule has 2 rings (SSSR count). The van der Waals surface area contributed by atoms with E-state index in [9.17, 15) is 19.8 Å². The normalized spacial score (nSPS) is 28.3. The second-order valence-corrected chi connectivity index (χ2v) is 6.45. The molecule has 0 saturated carbocycles. The van der Waals surface area contributed by atoms with Gasteiger partial charge in [0.2, 0.25) is 0 Å². The highest BCUT2D eigenvalue weighted by molar-refractivity contribution is 5.05. The van der Waals surface area contributed by atoms with Crippen molar-refractivity contribution in [2.75, 3.05) is 6.61 Å². The Bertz CT molecular complexity index is 660. The number of ether oxygens (including phenoxy) is 2.